The number of ether oxygens (including phenoxy) is 1. The van der Waals surface area contributed by atoms with Crippen LogP contribution in [0.25, 0.3) is 10.1 Å². The first-order valence-corrected chi connectivity index (χ1v) is 7.86. The Kier molecular flexibility index (Phi) is 5.37. The van der Waals surface area contributed by atoms with Crippen LogP contribution in [0.15, 0.2) is 29.6 Å². The van der Waals surface area contributed by atoms with E-state index in [-0.39, 0.29) is 6.10 Å². The zero-order valence-electron chi connectivity index (χ0n) is 12.0. The summed E-state index contributed by atoms with van der Waals surface area (Å²) in [5, 5.41) is 7.17. The fraction of sp³-hybridized carbons (Fsp3) is 0.500. The number of thiophene rings is 1. The van der Waals surface area contributed by atoms with E-state index < -0.39 is 0 Å². The van der Waals surface area contributed by atoms with Crippen LogP contribution in [-0.2, 0) is 4.74 Å². The summed E-state index contributed by atoms with van der Waals surface area (Å²) in [5.41, 5.74) is 1.41. The van der Waals surface area contributed by atoms with E-state index in [2.05, 4.69) is 48.8 Å². The number of nitrogens with one attached hydrogen (secondary N) is 1. The van der Waals surface area contributed by atoms with Gasteiger partial charge in [-0.2, -0.15) is 0 Å². The number of benzene rings is 1. The minimum absolute atomic E-state index is 0.268. The largest absolute Gasteiger partial charge is 0.382 e. The quantitative estimate of drug-likeness (QED) is 0.811. The molecule has 0 aliphatic carbocycles. The Labute approximate surface area is 119 Å². The van der Waals surface area contributed by atoms with Gasteiger partial charge in [0.25, 0.3) is 0 Å². The van der Waals surface area contributed by atoms with Crippen LogP contribution in [-0.4, -0.2) is 19.8 Å². The molecule has 0 aliphatic heterocycles. The molecule has 2 atom stereocenters. The highest BCUT2D eigenvalue weighted by Gasteiger charge is 2.17. The van der Waals surface area contributed by atoms with Crippen LogP contribution in [0.2, 0.25) is 0 Å². The van der Waals surface area contributed by atoms with Crippen LogP contribution >= 0.6 is 11.3 Å². The summed E-state index contributed by atoms with van der Waals surface area (Å²) < 4.78 is 6.84. The third-order valence-electron chi connectivity index (χ3n) is 3.50. The molecule has 104 valence electrons. The second-order valence-corrected chi connectivity index (χ2v) is 5.89. The summed E-state index contributed by atoms with van der Waals surface area (Å²) in [6.07, 6.45) is 2.43. The molecule has 1 aromatic heterocycles. The van der Waals surface area contributed by atoms with Crippen molar-refractivity contribution < 1.29 is 4.74 Å². The van der Waals surface area contributed by atoms with Crippen molar-refractivity contribution in [1.29, 1.82) is 0 Å². The highest BCUT2D eigenvalue weighted by Crippen LogP contribution is 2.31. The Bertz CT molecular complexity index is 508. The fourth-order valence-corrected chi connectivity index (χ4v) is 3.33. The van der Waals surface area contributed by atoms with E-state index >= 15 is 0 Å². The van der Waals surface area contributed by atoms with Gasteiger partial charge in [0.15, 0.2) is 0 Å². The Hall–Kier alpha value is -0.900. The van der Waals surface area contributed by atoms with Gasteiger partial charge in [-0.15, -0.1) is 11.3 Å². The number of fused-ring (bicyclic) bond motifs is 1. The van der Waals surface area contributed by atoms with E-state index in [0.29, 0.717) is 6.04 Å². The van der Waals surface area contributed by atoms with Crippen molar-refractivity contribution in [3.63, 3.8) is 0 Å². The lowest BCUT2D eigenvalue weighted by molar-refractivity contribution is 0.101. The number of hydrogen-bond donors (Lipinski definition) is 1. The Morgan fingerprint density at radius 2 is 2.16 bits per heavy atom. The van der Waals surface area contributed by atoms with Gasteiger partial charge in [0.2, 0.25) is 0 Å². The zero-order chi connectivity index (χ0) is 13.7. The van der Waals surface area contributed by atoms with Crippen molar-refractivity contribution in [1.82, 2.24) is 5.32 Å². The lowest BCUT2D eigenvalue weighted by atomic mass is 9.99. The minimum atomic E-state index is 0.268. The van der Waals surface area contributed by atoms with E-state index in [1.165, 1.54) is 15.6 Å². The number of rotatable bonds is 7. The van der Waals surface area contributed by atoms with Gasteiger partial charge in [-0.25, -0.2) is 0 Å². The van der Waals surface area contributed by atoms with E-state index in [1.54, 1.807) is 7.11 Å². The lowest BCUT2D eigenvalue weighted by Crippen LogP contribution is -2.26. The average Bonchev–Trinajstić information content (AvgIpc) is 2.91. The molecular weight excluding hydrogens is 254 g/mol. The van der Waals surface area contributed by atoms with Crippen LogP contribution in [0.1, 0.15) is 38.3 Å². The first-order valence-electron chi connectivity index (χ1n) is 6.98. The van der Waals surface area contributed by atoms with Crippen LogP contribution in [0.3, 0.4) is 0 Å². The van der Waals surface area contributed by atoms with Crippen molar-refractivity contribution in [3.8, 4) is 0 Å². The molecule has 2 rings (SSSR count). The molecule has 2 unspecified atom stereocenters. The normalized spacial score (nSPS) is 14.7. The van der Waals surface area contributed by atoms with Gasteiger partial charge in [-0.3, -0.25) is 0 Å². The summed E-state index contributed by atoms with van der Waals surface area (Å²) in [5.74, 6) is 0. The van der Waals surface area contributed by atoms with Crippen molar-refractivity contribution >= 4 is 21.4 Å². The van der Waals surface area contributed by atoms with Gasteiger partial charge in [0.05, 0.1) is 6.10 Å². The molecule has 19 heavy (non-hydrogen) atoms. The summed E-state index contributed by atoms with van der Waals surface area (Å²) in [6.45, 7) is 5.38. The highest BCUT2D eigenvalue weighted by atomic mass is 32.1. The summed E-state index contributed by atoms with van der Waals surface area (Å²) in [7, 11) is 1.78. The molecule has 1 heterocycles. The van der Waals surface area contributed by atoms with Gasteiger partial charge in [-0.05, 0) is 48.7 Å². The van der Waals surface area contributed by atoms with Crippen molar-refractivity contribution in [2.75, 3.05) is 13.7 Å². The molecule has 0 aliphatic rings. The molecule has 0 bridgehead atoms. The first-order chi connectivity index (χ1) is 9.26. The second-order valence-electron chi connectivity index (χ2n) is 4.97. The SMILES string of the molecule is CCCNC(CC(C)OC)c1cccc2ccsc12. The van der Waals surface area contributed by atoms with Crippen molar-refractivity contribution in [3.05, 3.63) is 35.2 Å². The minimum Gasteiger partial charge on any atom is -0.382 e. The highest BCUT2D eigenvalue weighted by molar-refractivity contribution is 7.17. The molecule has 2 nitrogen and oxygen atoms in total. The molecule has 0 amide bonds. The van der Waals surface area contributed by atoms with Crippen LogP contribution in [0, 0.1) is 0 Å². The second kappa shape index (κ2) is 7.04. The summed E-state index contributed by atoms with van der Waals surface area (Å²) >= 11 is 1.83. The zero-order valence-corrected chi connectivity index (χ0v) is 12.8. The molecule has 3 heteroatoms. The monoisotopic (exact) mass is 277 g/mol. The predicted octanol–water partition coefficient (Wildman–Crippen LogP) is 4.37. The predicted molar refractivity (Wildman–Crippen MR) is 83.9 cm³/mol. The Balaban J connectivity index is 2.27. The smallest absolute Gasteiger partial charge is 0.0561 e. The lowest BCUT2D eigenvalue weighted by Gasteiger charge is -2.22. The van der Waals surface area contributed by atoms with E-state index in [1.807, 2.05) is 11.3 Å². The maximum absolute atomic E-state index is 5.44. The molecule has 0 radical (unpaired) electrons. The topological polar surface area (TPSA) is 21.3 Å². The van der Waals surface area contributed by atoms with Crippen molar-refractivity contribution in [2.45, 2.75) is 38.8 Å². The van der Waals surface area contributed by atoms with E-state index in [4.69, 9.17) is 4.74 Å². The van der Waals surface area contributed by atoms with Gasteiger partial charge in [-0.1, -0.05) is 25.1 Å². The fourth-order valence-electron chi connectivity index (χ4n) is 2.36. The molecule has 0 spiro atoms. The molecule has 0 saturated carbocycles. The molecule has 0 fully saturated rings. The van der Waals surface area contributed by atoms with Crippen LogP contribution in [0.5, 0.6) is 0 Å². The third-order valence-corrected chi connectivity index (χ3v) is 4.47. The summed E-state index contributed by atoms with van der Waals surface area (Å²) in [4.78, 5) is 0. The van der Waals surface area contributed by atoms with Gasteiger partial charge < -0.3 is 10.1 Å². The standard InChI is InChI=1S/C16H23NOS/c1-4-9-17-15(11-12(2)18-3)14-7-5-6-13-8-10-19-16(13)14/h5-8,10,12,15,17H,4,9,11H2,1-3H3. The van der Waals surface area contributed by atoms with Gasteiger partial charge >= 0.3 is 0 Å². The summed E-state index contributed by atoms with van der Waals surface area (Å²) in [6, 6.07) is 9.15. The average molecular weight is 277 g/mol. The first kappa shape index (κ1) is 14.5. The number of methoxy groups -OCH3 is 1. The number of hydrogen-bond acceptors (Lipinski definition) is 3. The maximum Gasteiger partial charge on any atom is 0.0561 e. The molecule has 0 saturated heterocycles. The Morgan fingerprint density at radius 3 is 2.89 bits per heavy atom. The van der Waals surface area contributed by atoms with E-state index in [0.717, 1.165) is 19.4 Å². The van der Waals surface area contributed by atoms with Crippen LogP contribution in [0.4, 0.5) is 0 Å². The Morgan fingerprint density at radius 1 is 1.32 bits per heavy atom. The molecule has 2 aromatic rings. The third kappa shape index (κ3) is 3.56. The van der Waals surface area contributed by atoms with Crippen molar-refractivity contribution in [2.24, 2.45) is 0 Å². The molecule has 1 aromatic carbocycles. The van der Waals surface area contributed by atoms with Gasteiger partial charge in [0.1, 0.15) is 0 Å². The van der Waals surface area contributed by atoms with E-state index in [9.17, 15) is 0 Å². The molecule has 1 N–H and O–H groups in total. The van der Waals surface area contributed by atoms with Gasteiger partial charge in [0, 0.05) is 17.9 Å². The molecular formula is C16H23NOS. The van der Waals surface area contributed by atoms with Crippen LogP contribution < -0.4 is 5.32 Å². The maximum atomic E-state index is 5.44.